The number of aromatic nitrogens is 1. The van der Waals surface area contributed by atoms with Crippen LogP contribution in [0, 0.1) is 12.7 Å². The van der Waals surface area contributed by atoms with Gasteiger partial charge in [0.25, 0.3) is 0 Å². The summed E-state index contributed by atoms with van der Waals surface area (Å²) in [7, 11) is 0. The lowest BCUT2D eigenvalue weighted by molar-refractivity contribution is 0.548. The molecular formula is C10H13BrFN. The van der Waals surface area contributed by atoms with Crippen molar-refractivity contribution in [2.75, 3.05) is 0 Å². The molecule has 1 aromatic rings. The van der Waals surface area contributed by atoms with Crippen molar-refractivity contribution in [2.24, 2.45) is 0 Å². The van der Waals surface area contributed by atoms with E-state index >= 15 is 0 Å². The molecule has 0 aliphatic heterocycles. The van der Waals surface area contributed by atoms with E-state index in [0.717, 1.165) is 11.3 Å². The summed E-state index contributed by atoms with van der Waals surface area (Å²) in [6, 6.07) is 1.51. The molecule has 0 saturated heterocycles. The van der Waals surface area contributed by atoms with Crippen LogP contribution >= 0.6 is 15.9 Å². The molecule has 0 radical (unpaired) electrons. The Hall–Kier alpha value is -0.440. The average Bonchev–Trinajstić information content (AvgIpc) is 1.94. The molecule has 0 atom stereocenters. The van der Waals surface area contributed by atoms with Gasteiger partial charge in [0, 0.05) is 5.41 Å². The van der Waals surface area contributed by atoms with E-state index in [1.54, 1.807) is 0 Å². The molecule has 3 heteroatoms. The number of nitrogens with zero attached hydrogens (tertiary/aromatic N) is 1. The van der Waals surface area contributed by atoms with E-state index in [1.165, 1.54) is 6.07 Å². The van der Waals surface area contributed by atoms with Gasteiger partial charge < -0.3 is 0 Å². The summed E-state index contributed by atoms with van der Waals surface area (Å²) in [5, 5.41) is 0. The molecule has 0 N–H and O–H groups in total. The molecule has 0 bridgehead atoms. The second-order valence-corrected chi connectivity index (χ2v) is 4.93. The Bertz CT molecular complexity index is 328. The second kappa shape index (κ2) is 3.37. The molecule has 13 heavy (non-hydrogen) atoms. The topological polar surface area (TPSA) is 12.9 Å². The van der Waals surface area contributed by atoms with Gasteiger partial charge in [-0.3, -0.25) is 0 Å². The standard InChI is InChI=1S/C10H13BrFN/c1-6-5-7(12)9(11)13-8(6)10(2,3)4/h5H,1-4H3. The van der Waals surface area contributed by atoms with Gasteiger partial charge in [-0.15, -0.1) is 0 Å². The first-order valence-electron chi connectivity index (χ1n) is 4.15. The third-order valence-corrected chi connectivity index (χ3v) is 2.39. The van der Waals surface area contributed by atoms with Gasteiger partial charge >= 0.3 is 0 Å². The lowest BCUT2D eigenvalue weighted by Crippen LogP contribution is -2.16. The smallest absolute Gasteiger partial charge is 0.156 e. The Labute approximate surface area is 86.5 Å². The molecule has 0 aliphatic carbocycles. The van der Waals surface area contributed by atoms with Gasteiger partial charge in [0.2, 0.25) is 0 Å². The Morgan fingerprint density at radius 2 is 1.92 bits per heavy atom. The summed E-state index contributed by atoms with van der Waals surface area (Å²) in [5.41, 5.74) is 1.79. The molecule has 72 valence electrons. The number of aryl methyl sites for hydroxylation is 1. The lowest BCUT2D eigenvalue weighted by atomic mass is 9.89. The highest BCUT2D eigenvalue weighted by atomic mass is 79.9. The molecule has 0 aromatic carbocycles. The molecule has 0 aliphatic rings. The van der Waals surface area contributed by atoms with Crippen molar-refractivity contribution in [1.29, 1.82) is 0 Å². The first-order chi connectivity index (χ1) is 5.82. The zero-order chi connectivity index (χ0) is 10.2. The van der Waals surface area contributed by atoms with Gasteiger partial charge in [-0.25, -0.2) is 9.37 Å². The van der Waals surface area contributed by atoms with E-state index in [2.05, 4.69) is 41.7 Å². The Kier molecular flexibility index (Phi) is 2.76. The zero-order valence-corrected chi connectivity index (χ0v) is 9.87. The molecule has 1 aromatic heterocycles. The zero-order valence-electron chi connectivity index (χ0n) is 8.28. The fraction of sp³-hybridized carbons (Fsp3) is 0.500. The van der Waals surface area contributed by atoms with Crippen LogP contribution in [0.15, 0.2) is 10.7 Å². The van der Waals surface area contributed by atoms with E-state index < -0.39 is 0 Å². The molecule has 1 nitrogen and oxygen atoms in total. The van der Waals surface area contributed by atoms with Gasteiger partial charge in [0.1, 0.15) is 4.60 Å². The van der Waals surface area contributed by atoms with Crippen LogP contribution in [-0.2, 0) is 5.41 Å². The fourth-order valence-corrected chi connectivity index (χ4v) is 1.61. The van der Waals surface area contributed by atoms with Gasteiger partial charge in [0.15, 0.2) is 5.82 Å². The van der Waals surface area contributed by atoms with Crippen LogP contribution in [0.1, 0.15) is 32.0 Å². The third kappa shape index (κ3) is 2.27. The molecule has 0 saturated carbocycles. The Morgan fingerprint density at radius 1 is 1.38 bits per heavy atom. The van der Waals surface area contributed by atoms with Crippen molar-refractivity contribution in [3.8, 4) is 0 Å². The molecule has 0 unspecified atom stereocenters. The maximum absolute atomic E-state index is 13.0. The first-order valence-corrected chi connectivity index (χ1v) is 4.95. The van der Waals surface area contributed by atoms with E-state index in [9.17, 15) is 4.39 Å². The third-order valence-electron chi connectivity index (χ3n) is 1.83. The quantitative estimate of drug-likeness (QED) is 0.637. The van der Waals surface area contributed by atoms with Crippen LogP contribution in [-0.4, -0.2) is 4.98 Å². The van der Waals surface area contributed by atoms with Crippen molar-refractivity contribution in [2.45, 2.75) is 33.1 Å². The highest BCUT2D eigenvalue weighted by Gasteiger charge is 2.19. The van der Waals surface area contributed by atoms with Crippen LogP contribution in [0.4, 0.5) is 4.39 Å². The summed E-state index contributed by atoms with van der Waals surface area (Å²) < 4.78 is 13.3. The Morgan fingerprint density at radius 3 is 2.38 bits per heavy atom. The molecule has 0 amide bonds. The number of rotatable bonds is 0. The maximum atomic E-state index is 13.0. The largest absolute Gasteiger partial charge is 0.242 e. The normalized spacial score (nSPS) is 11.8. The van der Waals surface area contributed by atoms with Crippen LogP contribution in [0.2, 0.25) is 0 Å². The average molecular weight is 246 g/mol. The summed E-state index contributed by atoms with van der Waals surface area (Å²) >= 11 is 3.09. The molecular weight excluding hydrogens is 233 g/mol. The molecule has 0 fully saturated rings. The van der Waals surface area contributed by atoms with Gasteiger partial charge in [0.05, 0.1) is 5.69 Å². The van der Waals surface area contributed by atoms with E-state index in [4.69, 9.17) is 0 Å². The predicted molar refractivity (Wildman–Crippen MR) is 55.3 cm³/mol. The highest BCUT2D eigenvalue weighted by molar-refractivity contribution is 9.10. The summed E-state index contributed by atoms with van der Waals surface area (Å²) in [5.74, 6) is -0.300. The molecule has 1 heterocycles. The van der Waals surface area contributed by atoms with Crippen LogP contribution < -0.4 is 0 Å². The fourth-order valence-electron chi connectivity index (χ4n) is 1.32. The van der Waals surface area contributed by atoms with Crippen molar-refractivity contribution in [3.05, 3.63) is 27.7 Å². The van der Waals surface area contributed by atoms with Crippen LogP contribution in [0.25, 0.3) is 0 Å². The minimum absolute atomic E-state index is 0.0414. The molecule has 0 spiro atoms. The lowest BCUT2D eigenvalue weighted by Gasteiger charge is -2.20. The van der Waals surface area contributed by atoms with Gasteiger partial charge in [-0.05, 0) is 34.5 Å². The van der Waals surface area contributed by atoms with Crippen molar-refractivity contribution in [3.63, 3.8) is 0 Å². The summed E-state index contributed by atoms with van der Waals surface area (Å²) in [6.07, 6.45) is 0. The predicted octanol–water partition coefficient (Wildman–Crippen LogP) is 3.59. The van der Waals surface area contributed by atoms with Crippen molar-refractivity contribution >= 4 is 15.9 Å². The van der Waals surface area contributed by atoms with E-state index in [1.807, 2.05) is 6.92 Å². The minimum Gasteiger partial charge on any atom is -0.242 e. The Balaban J connectivity index is 3.32. The summed E-state index contributed by atoms with van der Waals surface area (Å²) in [6.45, 7) is 8.06. The van der Waals surface area contributed by atoms with Gasteiger partial charge in [-0.2, -0.15) is 0 Å². The first kappa shape index (κ1) is 10.6. The number of halogens is 2. The van der Waals surface area contributed by atoms with Crippen molar-refractivity contribution < 1.29 is 4.39 Å². The SMILES string of the molecule is Cc1cc(F)c(Br)nc1C(C)(C)C. The number of hydrogen-bond donors (Lipinski definition) is 0. The van der Waals surface area contributed by atoms with Crippen molar-refractivity contribution in [1.82, 2.24) is 4.98 Å². The van der Waals surface area contributed by atoms with Crippen LogP contribution in [0.5, 0.6) is 0 Å². The number of pyridine rings is 1. The second-order valence-electron chi connectivity index (χ2n) is 4.18. The summed E-state index contributed by atoms with van der Waals surface area (Å²) in [4.78, 5) is 4.19. The maximum Gasteiger partial charge on any atom is 0.156 e. The highest BCUT2D eigenvalue weighted by Crippen LogP contribution is 2.26. The number of hydrogen-bond acceptors (Lipinski definition) is 1. The van der Waals surface area contributed by atoms with Gasteiger partial charge in [-0.1, -0.05) is 20.8 Å². The minimum atomic E-state index is -0.300. The van der Waals surface area contributed by atoms with E-state index in [0.29, 0.717) is 4.60 Å². The van der Waals surface area contributed by atoms with Crippen LogP contribution in [0.3, 0.4) is 0 Å². The monoisotopic (exact) mass is 245 g/mol. The molecule has 1 rings (SSSR count). The van der Waals surface area contributed by atoms with E-state index in [-0.39, 0.29) is 11.2 Å².